The monoisotopic (exact) mass is 299 g/mol. The molecular formula is C16H26ClNO2. The number of halogens is 1. The van der Waals surface area contributed by atoms with Gasteiger partial charge in [0.1, 0.15) is 5.75 Å². The molecule has 3 N–H and O–H groups in total. The van der Waals surface area contributed by atoms with Gasteiger partial charge in [0.25, 0.3) is 0 Å². The van der Waals surface area contributed by atoms with Gasteiger partial charge < -0.3 is 15.6 Å². The molecule has 20 heavy (non-hydrogen) atoms. The first-order chi connectivity index (χ1) is 9.27. The molecule has 0 saturated heterocycles. The van der Waals surface area contributed by atoms with E-state index in [-0.39, 0.29) is 12.0 Å². The maximum Gasteiger partial charge on any atom is 0.125 e. The third-order valence-corrected chi connectivity index (χ3v) is 3.89. The lowest BCUT2D eigenvalue weighted by atomic mass is 9.89. The van der Waals surface area contributed by atoms with Crippen molar-refractivity contribution < 1.29 is 9.84 Å². The van der Waals surface area contributed by atoms with Crippen LogP contribution in [0.1, 0.15) is 57.1 Å². The fraction of sp³-hybridized carbons (Fsp3) is 0.625. The molecule has 114 valence electrons. The molecule has 1 aromatic carbocycles. The van der Waals surface area contributed by atoms with E-state index in [0.717, 1.165) is 16.9 Å². The number of hydrogen-bond acceptors (Lipinski definition) is 3. The highest BCUT2D eigenvalue weighted by molar-refractivity contribution is 6.30. The van der Waals surface area contributed by atoms with Crippen LogP contribution in [0.5, 0.6) is 5.75 Å². The van der Waals surface area contributed by atoms with E-state index in [0.29, 0.717) is 17.4 Å². The van der Waals surface area contributed by atoms with E-state index in [1.807, 2.05) is 19.1 Å². The van der Waals surface area contributed by atoms with Crippen LogP contribution in [-0.2, 0) is 0 Å². The average Bonchev–Trinajstić information content (AvgIpc) is 2.37. The standard InChI is InChI=1S/C16H26ClNO2/c1-9(2)13-7-12(17)8-14(16(13)20-5)10(3)6-15(19)11(4)18/h7-11,15,19H,6,18H2,1-5H3. The second-order valence-electron chi connectivity index (χ2n) is 5.84. The van der Waals surface area contributed by atoms with E-state index in [1.54, 1.807) is 7.11 Å². The van der Waals surface area contributed by atoms with Crippen LogP contribution in [0, 0.1) is 0 Å². The second kappa shape index (κ2) is 7.30. The molecule has 3 nitrogen and oxygen atoms in total. The normalized spacial score (nSPS) is 16.1. The zero-order valence-corrected chi connectivity index (χ0v) is 13.7. The predicted molar refractivity (Wildman–Crippen MR) is 84.8 cm³/mol. The SMILES string of the molecule is COc1c(C(C)C)cc(Cl)cc1C(C)CC(O)C(C)N. The smallest absolute Gasteiger partial charge is 0.125 e. The third-order valence-electron chi connectivity index (χ3n) is 3.67. The van der Waals surface area contributed by atoms with Crippen molar-refractivity contribution in [1.82, 2.24) is 0 Å². The van der Waals surface area contributed by atoms with Gasteiger partial charge in [-0.1, -0.05) is 32.4 Å². The molecule has 0 aliphatic carbocycles. The molecule has 4 heteroatoms. The molecule has 0 heterocycles. The molecule has 0 bridgehead atoms. The van der Waals surface area contributed by atoms with E-state index < -0.39 is 6.10 Å². The van der Waals surface area contributed by atoms with Crippen LogP contribution >= 0.6 is 11.6 Å². The highest BCUT2D eigenvalue weighted by Crippen LogP contribution is 2.38. The van der Waals surface area contributed by atoms with Gasteiger partial charge in [-0.05, 0) is 48.4 Å². The van der Waals surface area contributed by atoms with Crippen LogP contribution in [0.25, 0.3) is 0 Å². The molecule has 3 atom stereocenters. The van der Waals surface area contributed by atoms with E-state index >= 15 is 0 Å². The molecular weight excluding hydrogens is 274 g/mol. The first-order valence-corrected chi connectivity index (χ1v) is 7.46. The molecule has 1 aromatic rings. The molecule has 0 amide bonds. The summed E-state index contributed by atoms with van der Waals surface area (Å²) in [6.45, 7) is 8.09. The number of rotatable bonds is 6. The fourth-order valence-electron chi connectivity index (χ4n) is 2.37. The maximum absolute atomic E-state index is 9.97. The third kappa shape index (κ3) is 4.11. The van der Waals surface area contributed by atoms with Crippen LogP contribution in [-0.4, -0.2) is 24.4 Å². The van der Waals surface area contributed by atoms with Crippen molar-refractivity contribution in [3.05, 3.63) is 28.3 Å². The lowest BCUT2D eigenvalue weighted by Gasteiger charge is -2.23. The lowest BCUT2D eigenvalue weighted by molar-refractivity contribution is 0.134. The van der Waals surface area contributed by atoms with Gasteiger partial charge in [0.15, 0.2) is 0 Å². The molecule has 3 unspecified atom stereocenters. The van der Waals surface area contributed by atoms with Crippen LogP contribution < -0.4 is 10.5 Å². The van der Waals surface area contributed by atoms with Gasteiger partial charge in [0, 0.05) is 11.1 Å². The van der Waals surface area contributed by atoms with Crippen molar-refractivity contribution in [2.45, 2.75) is 58.1 Å². The Morgan fingerprint density at radius 2 is 1.75 bits per heavy atom. The number of ether oxygens (including phenoxy) is 1. The van der Waals surface area contributed by atoms with E-state index in [1.165, 1.54) is 0 Å². The Bertz CT molecular complexity index is 446. The summed E-state index contributed by atoms with van der Waals surface area (Å²) in [6, 6.07) is 3.63. The Labute approximate surface area is 127 Å². The lowest BCUT2D eigenvalue weighted by Crippen LogP contribution is -2.32. The highest BCUT2D eigenvalue weighted by atomic mass is 35.5. The van der Waals surface area contributed by atoms with Gasteiger partial charge in [0.05, 0.1) is 13.2 Å². The minimum Gasteiger partial charge on any atom is -0.496 e. The van der Waals surface area contributed by atoms with E-state index in [4.69, 9.17) is 22.1 Å². The molecule has 0 aliphatic rings. The number of methoxy groups -OCH3 is 1. The van der Waals surface area contributed by atoms with Gasteiger partial charge in [-0.25, -0.2) is 0 Å². The van der Waals surface area contributed by atoms with Crippen LogP contribution in [0.2, 0.25) is 5.02 Å². The number of benzene rings is 1. The second-order valence-corrected chi connectivity index (χ2v) is 6.27. The number of hydrogen-bond donors (Lipinski definition) is 2. The van der Waals surface area contributed by atoms with Crippen molar-refractivity contribution in [1.29, 1.82) is 0 Å². The fourth-order valence-corrected chi connectivity index (χ4v) is 2.61. The molecule has 1 rings (SSSR count). The highest BCUT2D eigenvalue weighted by Gasteiger charge is 2.21. The largest absolute Gasteiger partial charge is 0.496 e. The Hall–Kier alpha value is -0.770. The minimum atomic E-state index is -0.531. The number of aliphatic hydroxyl groups is 1. The molecule has 0 aromatic heterocycles. The van der Waals surface area contributed by atoms with Crippen molar-refractivity contribution in [2.75, 3.05) is 7.11 Å². The summed E-state index contributed by atoms with van der Waals surface area (Å²) in [5.74, 6) is 1.32. The number of nitrogens with two attached hydrogens (primary N) is 1. The molecule has 0 fully saturated rings. The summed E-state index contributed by atoms with van der Waals surface area (Å²) < 4.78 is 5.58. The quantitative estimate of drug-likeness (QED) is 0.842. The minimum absolute atomic E-state index is 0.127. The van der Waals surface area contributed by atoms with Gasteiger partial charge in [-0.15, -0.1) is 0 Å². The summed E-state index contributed by atoms with van der Waals surface area (Å²) >= 11 is 6.22. The van der Waals surface area contributed by atoms with Crippen molar-refractivity contribution in [3.8, 4) is 5.75 Å². The van der Waals surface area contributed by atoms with Crippen molar-refractivity contribution in [2.24, 2.45) is 5.73 Å². The molecule has 0 aliphatic heterocycles. The summed E-state index contributed by atoms with van der Waals surface area (Å²) in [4.78, 5) is 0. The maximum atomic E-state index is 9.97. The van der Waals surface area contributed by atoms with Crippen LogP contribution in [0.3, 0.4) is 0 Å². The first-order valence-electron chi connectivity index (χ1n) is 7.08. The molecule has 0 saturated carbocycles. The summed E-state index contributed by atoms with van der Waals surface area (Å²) in [5, 5.41) is 10.7. The van der Waals surface area contributed by atoms with E-state index in [9.17, 15) is 5.11 Å². The summed E-state index contributed by atoms with van der Waals surface area (Å²) in [6.07, 6.45) is 0.0579. The zero-order chi connectivity index (χ0) is 15.4. The first kappa shape index (κ1) is 17.3. The zero-order valence-electron chi connectivity index (χ0n) is 13.0. The average molecular weight is 300 g/mol. The van der Waals surface area contributed by atoms with Crippen LogP contribution in [0.4, 0.5) is 0 Å². The predicted octanol–water partition coefficient (Wildman–Crippen LogP) is 3.67. The van der Waals surface area contributed by atoms with Crippen molar-refractivity contribution >= 4 is 11.6 Å². The molecule has 0 spiro atoms. The summed E-state index contributed by atoms with van der Waals surface area (Å²) in [5.41, 5.74) is 7.86. The van der Waals surface area contributed by atoms with E-state index in [2.05, 4.69) is 20.8 Å². The van der Waals surface area contributed by atoms with Gasteiger partial charge in [-0.3, -0.25) is 0 Å². The van der Waals surface area contributed by atoms with Gasteiger partial charge in [0.2, 0.25) is 0 Å². The molecule has 0 radical (unpaired) electrons. The Balaban J connectivity index is 3.16. The Morgan fingerprint density at radius 3 is 2.20 bits per heavy atom. The summed E-state index contributed by atoms with van der Waals surface area (Å²) in [7, 11) is 1.67. The van der Waals surface area contributed by atoms with Crippen LogP contribution in [0.15, 0.2) is 12.1 Å². The van der Waals surface area contributed by atoms with Gasteiger partial charge in [-0.2, -0.15) is 0 Å². The van der Waals surface area contributed by atoms with Gasteiger partial charge >= 0.3 is 0 Å². The Kier molecular flexibility index (Phi) is 6.31. The van der Waals surface area contributed by atoms with Crippen molar-refractivity contribution in [3.63, 3.8) is 0 Å². The Morgan fingerprint density at radius 1 is 1.20 bits per heavy atom. The topological polar surface area (TPSA) is 55.5 Å². The number of aliphatic hydroxyl groups excluding tert-OH is 1.